The monoisotopic (exact) mass is 294 g/mol. The maximum atomic E-state index is 13.2. The lowest BCUT2D eigenvalue weighted by atomic mass is 10.1. The number of hydrogen-bond donors (Lipinski definition) is 0. The van der Waals surface area contributed by atoms with Crippen molar-refractivity contribution in [1.82, 2.24) is 0 Å². The Balaban J connectivity index is 2.08. The average Bonchev–Trinajstić information content (AvgIpc) is 2.46. The van der Waals surface area contributed by atoms with Gasteiger partial charge in [0.25, 0.3) is 0 Å². The van der Waals surface area contributed by atoms with E-state index in [9.17, 15) is 13.6 Å². The molecule has 0 aliphatic carbocycles. The molecule has 104 valence electrons. The molecule has 0 unspecified atom stereocenters. The van der Waals surface area contributed by atoms with E-state index in [0.29, 0.717) is 5.75 Å². The number of ether oxygens (including phenoxy) is 1. The summed E-state index contributed by atoms with van der Waals surface area (Å²) in [4.78, 5) is 12.8. The van der Waals surface area contributed by atoms with Crippen LogP contribution in [0.25, 0.3) is 0 Å². The molecule has 2 nitrogen and oxygen atoms in total. The normalized spacial score (nSPS) is 10.3. The zero-order chi connectivity index (χ0) is 14.5. The topological polar surface area (TPSA) is 26.3 Å². The fourth-order valence-corrected chi connectivity index (χ4v) is 2.44. The van der Waals surface area contributed by atoms with Crippen molar-refractivity contribution in [1.29, 1.82) is 0 Å². The number of benzene rings is 2. The van der Waals surface area contributed by atoms with E-state index >= 15 is 0 Å². The predicted octanol–water partition coefficient (Wildman–Crippen LogP) is 3.95. The van der Waals surface area contributed by atoms with E-state index in [4.69, 9.17) is 4.74 Å². The van der Waals surface area contributed by atoms with Gasteiger partial charge in [0.2, 0.25) is 0 Å². The number of rotatable bonds is 5. The summed E-state index contributed by atoms with van der Waals surface area (Å²) in [5, 5.41) is 0. The number of methoxy groups -OCH3 is 1. The maximum Gasteiger partial charge on any atom is 0.176 e. The summed E-state index contributed by atoms with van der Waals surface area (Å²) >= 11 is 1.26. The van der Waals surface area contributed by atoms with Crippen LogP contribution in [0.2, 0.25) is 0 Å². The highest BCUT2D eigenvalue weighted by molar-refractivity contribution is 8.00. The van der Waals surface area contributed by atoms with E-state index < -0.39 is 5.82 Å². The number of halogens is 2. The molecule has 5 heteroatoms. The summed E-state index contributed by atoms with van der Waals surface area (Å²) in [6, 6.07) is 9.66. The van der Waals surface area contributed by atoms with Gasteiger partial charge in [-0.1, -0.05) is 0 Å². The second-order valence-electron chi connectivity index (χ2n) is 4.01. The standard InChI is InChI=1S/C15H12F2O2S/c1-19-15-7-4-11(17)8-13(15)14(18)9-20-12-5-2-10(16)3-6-12/h2-8H,9H2,1H3. The minimum absolute atomic E-state index is 0.130. The molecule has 0 amide bonds. The van der Waals surface area contributed by atoms with Crippen molar-refractivity contribution in [2.75, 3.05) is 12.9 Å². The first-order chi connectivity index (χ1) is 9.60. The van der Waals surface area contributed by atoms with Crippen LogP contribution in [0, 0.1) is 11.6 Å². The number of Topliss-reactive ketones (excluding diaryl/α,β-unsaturated/α-hetero) is 1. The highest BCUT2D eigenvalue weighted by atomic mass is 32.2. The van der Waals surface area contributed by atoms with Crippen LogP contribution in [0.1, 0.15) is 10.4 Å². The highest BCUT2D eigenvalue weighted by Gasteiger charge is 2.13. The lowest BCUT2D eigenvalue weighted by Gasteiger charge is -2.07. The Hall–Kier alpha value is -1.88. The van der Waals surface area contributed by atoms with E-state index in [1.807, 2.05) is 0 Å². The van der Waals surface area contributed by atoms with Gasteiger partial charge in [0.15, 0.2) is 5.78 Å². The van der Waals surface area contributed by atoms with E-state index in [1.54, 1.807) is 12.1 Å². The summed E-state index contributed by atoms with van der Waals surface area (Å²) < 4.78 is 31.0. The zero-order valence-electron chi connectivity index (χ0n) is 10.7. The Kier molecular flexibility index (Phi) is 4.74. The maximum absolute atomic E-state index is 13.2. The molecule has 0 saturated carbocycles. The van der Waals surface area contributed by atoms with E-state index in [2.05, 4.69) is 0 Å². The largest absolute Gasteiger partial charge is 0.496 e. The van der Waals surface area contributed by atoms with E-state index in [0.717, 1.165) is 11.0 Å². The molecule has 2 rings (SSSR count). The lowest BCUT2D eigenvalue weighted by molar-refractivity contribution is 0.101. The van der Waals surface area contributed by atoms with Crippen LogP contribution in [0.4, 0.5) is 8.78 Å². The molecule has 2 aromatic rings. The lowest BCUT2D eigenvalue weighted by Crippen LogP contribution is -2.05. The minimum Gasteiger partial charge on any atom is -0.496 e. The Morgan fingerprint density at radius 1 is 1.10 bits per heavy atom. The highest BCUT2D eigenvalue weighted by Crippen LogP contribution is 2.24. The van der Waals surface area contributed by atoms with Crippen LogP contribution < -0.4 is 4.74 Å². The van der Waals surface area contributed by atoms with Crippen molar-refractivity contribution in [2.45, 2.75) is 4.90 Å². The number of carbonyl (C=O) groups is 1. The first-order valence-electron chi connectivity index (χ1n) is 5.85. The van der Waals surface area contributed by atoms with Crippen molar-refractivity contribution in [3.05, 3.63) is 59.7 Å². The molecule has 0 aliphatic heterocycles. The predicted molar refractivity (Wildman–Crippen MR) is 74.4 cm³/mol. The van der Waals surface area contributed by atoms with Crippen LogP contribution in [-0.2, 0) is 0 Å². The molecule has 0 aliphatic rings. The molecule has 0 radical (unpaired) electrons. The molecule has 0 bridgehead atoms. The van der Waals surface area contributed by atoms with Gasteiger partial charge < -0.3 is 4.74 Å². The summed E-state index contributed by atoms with van der Waals surface area (Å²) in [6.45, 7) is 0. The molecule has 0 heterocycles. The Labute approximate surface area is 119 Å². The van der Waals surface area contributed by atoms with Crippen LogP contribution in [0.3, 0.4) is 0 Å². The minimum atomic E-state index is -0.485. The summed E-state index contributed by atoms with van der Waals surface area (Å²) in [7, 11) is 1.43. The Morgan fingerprint density at radius 3 is 2.40 bits per heavy atom. The molecule has 0 spiro atoms. The van der Waals surface area contributed by atoms with Crippen LogP contribution in [0.15, 0.2) is 47.4 Å². The quantitative estimate of drug-likeness (QED) is 0.617. The van der Waals surface area contributed by atoms with Crippen molar-refractivity contribution < 1.29 is 18.3 Å². The van der Waals surface area contributed by atoms with Crippen LogP contribution in [0.5, 0.6) is 5.75 Å². The van der Waals surface area contributed by atoms with Crippen molar-refractivity contribution in [3.8, 4) is 5.75 Å². The Morgan fingerprint density at radius 2 is 1.75 bits per heavy atom. The molecular weight excluding hydrogens is 282 g/mol. The third-order valence-corrected chi connectivity index (χ3v) is 3.66. The van der Waals surface area contributed by atoms with Gasteiger partial charge in [-0.3, -0.25) is 4.79 Å². The van der Waals surface area contributed by atoms with E-state index in [1.165, 1.54) is 43.1 Å². The number of hydrogen-bond acceptors (Lipinski definition) is 3. The molecule has 0 aromatic heterocycles. The SMILES string of the molecule is COc1ccc(F)cc1C(=O)CSc1ccc(F)cc1. The number of thioether (sulfide) groups is 1. The molecule has 2 aromatic carbocycles. The first-order valence-corrected chi connectivity index (χ1v) is 6.84. The van der Waals surface area contributed by atoms with Gasteiger partial charge >= 0.3 is 0 Å². The van der Waals surface area contributed by atoms with Gasteiger partial charge in [-0.05, 0) is 42.5 Å². The number of ketones is 1. The van der Waals surface area contributed by atoms with Crippen LogP contribution >= 0.6 is 11.8 Å². The zero-order valence-corrected chi connectivity index (χ0v) is 11.5. The average molecular weight is 294 g/mol. The van der Waals surface area contributed by atoms with Gasteiger partial charge in [0.05, 0.1) is 18.4 Å². The third kappa shape index (κ3) is 3.57. The summed E-state index contributed by atoms with van der Waals surface area (Å²) in [5.74, 6) is -0.578. The number of carbonyl (C=O) groups excluding carboxylic acids is 1. The first kappa shape index (κ1) is 14.5. The summed E-state index contributed by atoms with van der Waals surface area (Å²) in [6.07, 6.45) is 0. The second kappa shape index (κ2) is 6.52. The van der Waals surface area contributed by atoms with Crippen molar-refractivity contribution >= 4 is 17.5 Å². The van der Waals surface area contributed by atoms with E-state index in [-0.39, 0.29) is 22.9 Å². The van der Waals surface area contributed by atoms with Crippen molar-refractivity contribution in [2.24, 2.45) is 0 Å². The van der Waals surface area contributed by atoms with Gasteiger partial charge in [-0.25, -0.2) is 8.78 Å². The molecular formula is C15H12F2O2S. The third-order valence-electron chi connectivity index (χ3n) is 2.65. The van der Waals surface area contributed by atoms with Crippen molar-refractivity contribution in [3.63, 3.8) is 0 Å². The van der Waals surface area contributed by atoms with Crippen LogP contribution in [-0.4, -0.2) is 18.6 Å². The molecule has 20 heavy (non-hydrogen) atoms. The molecule has 0 saturated heterocycles. The second-order valence-corrected chi connectivity index (χ2v) is 5.06. The van der Waals surface area contributed by atoms with Gasteiger partial charge in [0.1, 0.15) is 17.4 Å². The van der Waals surface area contributed by atoms with Gasteiger partial charge in [0, 0.05) is 4.90 Å². The van der Waals surface area contributed by atoms with Gasteiger partial charge in [-0.2, -0.15) is 0 Å². The molecule has 0 fully saturated rings. The smallest absolute Gasteiger partial charge is 0.176 e. The molecule has 0 atom stereocenters. The summed E-state index contributed by atoms with van der Waals surface area (Å²) in [5.41, 5.74) is 0.210. The molecule has 0 N–H and O–H groups in total. The fraction of sp³-hybridized carbons (Fsp3) is 0.133. The Bertz CT molecular complexity index is 612. The fourth-order valence-electron chi connectivity index (χ4n) is 1.66. The van der Waals surface area contributed by atoms with Gasteiger partial charge in [-0.15, -0.1) is 11.8 Å².